The number of sulfonamides is 1. The summed E-state index contributed by atoms with van der Waals surface area (Å²) in [4.78, 5) is 6.88. The van der Waals surface area contributed by atoms with Gasteiger partial charge in [0, 0.05) is 50.5 Å². The van der Waals surface area contributed by atoms with E-state index in [4.69, 9.17) is 11.6 Å². The second kappa shape index (κ2) is 7.73. The number of pyridine rings is 1. The first-order valence-electron chi connectivity index (χ1n) is 9.46. The molecule has 1 aliphatic heterocycles. The normalized spacial score (nSPS) is 16.0. The van der Waals surface area contributed by atoms with E-state index in [2.05, 4.69) is 16.8 Å². The molecular formula is C20H23ClN4O2S. The van der Waals surface area contributed by atoms with Crippen LogP contribution < -0.4 is 4.90 Å². The van der Waals surface area contributed by atoms with E-state index in [1.807, 2.05) is 34.9 Å². The van der Waals surface area contributed by atoms with Crippen LogP contribution >= 0.6 is 11.6 Å². The monoisotopic (exact) mass is 418 g/mol. The summed E-state index contributed by atoms with van der Waals surface area (Å²) in [6.07, 6.45) is 4.35. The zero-order valence-corrected chi connectivity index (χ0v) is 17.3. The van der Waals surface area contributed by atoms with Crippen LogP contribution in [-0.4, -0.2) is 48.5 Å². The number of anilines is 1. The van der Waals surface area contributed by atoms with Crippen molar-refractivity contribution in [2.75, 3.05) is 31.1 Å². The van der Waals surface area contributed by atoms with E-state index in [-0.39, 0.29) is 0 Å². The molecule has 1 fully saturated rings. The summed E-state index contributed by atoms with van der Waals surface area (Å²) in [5, 5.41) is 1.37. The van der Waals surface area contributed by atoms with Gasteiger partial charge in [0.05, 0.1) is 10.7 Å². The molecule has 8 heteroatoms. The summed E-state index contributed by atoms with van der Waals surface area (Å²) in [6.45, 7) is 4.87. The molecule has 3 heterocycles. The summed E-state index contributed by atoms with van der Waals surface area (Å²) < 4.78 is 30.2. The Morgan fingerprint density at radius 1 is 1.07 bits per heavy atom. The van der Waals surface area contributed by atoms with Crippen LogP contribution in [0.1, 0.15) is 13.3 Å². The molecule has 1 aliphatic rings. The van der Waals surface area contributed by atoms with Crippen LogP contribution in [0.15, 0.2) is 53.7 Å². The minimum absolute atomic E-state index is 0.343. The Morgan fingerprint density at radius 3 is 2.54 bits per heavy atom. The quantitative estimate of drug-likeness (QED) is 0.635. The van der Waals surface area contributed by atoms with Crippen molar-refractivity contribution >= 4 is 38.3 Å². The number of rotatable bonds is 5. The Morgan fingerprint density at radius 2 is 1.82 bits per heavy atom. The highest BCUT2D eigenvalue weighted by atomic mass is 35.5. The lowest BCUT2D eigenvalue weighted by Crippen LogP contribution is -2.48. The molecule has 0 saturated carbocycles. The number of halogens is 1. The Hall–Kier alpha value is -2.09. The van der Waals surface area contributed by atoms with Crippen molar-refractivity contribution < 1.29 is 8.42 Å². The number of hydrogen-bond donors (Lipinski definition) is 0. The highest BCUT2D eigenvalue weighted by Crippen LogP contribution is 2.30. The molecule has 148 valence electrons. The van der Waals surface area contributed by atoms with E-state index in [0.717, 1.165) is 24.3 Å². The lowest BCUT2D eigenvalue weighted by atomic mass is 10.2. The summed E-state index contributed by atoms with van der Waals surface area (Å²) in [5.74, 6) is 0. The fourth-order valence-corrected chi connectivity index (χ4v) is 5.60. The van der Waals surface area contributed by atoms with Crippen LogP contribution in [0.25, 0.3) is 11.0 Å². The van der Waals surface area contributed by atoms with Gasteiger partial charge < -0.3 is 9.47 Å². The van der Waals surface area contributed by atoms with Gasteiger partial charge in [-0.05, 0) is 30.7 Å². The maximum Gasteiger partial charge on any atom is 0.245 e. The first-order valence-corrected chi connectivity index (χ1v) is 11.3. The third-order valence-electron chi connectivity index (χ3n) is 5.11. The molecule has 4 rings (SSSR count). The van der Waals surface area contributed by atoms with Gasteiger partial charge in [0.15, 0.2) is 0 Å². The van der Waals surface area contributed by atoms with E-state index >= 15 is 0 Å². The van der Waals surface area contributed by atoms with Crippen LogP contribution in [-0.2, 0) is 16.6 Å². The predicted octanol–water partition coefficient (Wildman–Crippen LogP) is 3.61. The van der Waals surface area contributed by atoms with E-state index in [1.165, 1.54) is 0 Å². The topological polar surface area (TPSA) is 58.4 Å². The van der Waals surface area contributed by atoms with Crippen LogP contribution in [0.3, 0.4) is 0 Å². The Kier molecular flexibility index (Phi) is 5.31. The minimum atomic E-state index is -3.59. The number of nitrogens with zero attached hydrogens (tertiary/aromatic N) is 4. The van der Waals surface area contributed by atoms with Gasteiger partial charge in [-0.1, -0.05) is 30.7 Å². The lowest BCUT2D eigenvalue weighted by Gasteiger charge is -2.35. The van der Waals surface area contributed by atoms with Crippen LogP contribution in [0, 0.1) is 0 Å². The minimum Gasteiger partial charge on any atom is -0.368 e. The van der Waals surface area contributed by atoms with E-state index in [0.29, 0.717) is 41.5 Å². The summed E-state index contributed by atoms with van der Waals surface area (Å²) >= 11 is 6.29. The Labute approximate surface area is 170 Å². The number of aryl methyl sites for hydroxylation is 1. The van der Waals surface area contributed by atoms with Crippen LogP contribution in [0.2, 0.25) is 5.02 Å². The average Bonchev–Trinajstić information content (AvgIpc) is 3.08. The van der Waals surface area contributed by atoms with Crippen molar-refractivity contribution in [3.63, 3.8) is 0 Å². The molecule has 6 nitrogen and oxygen atoms in total. The smallest absolute Gasteiger partial charge is 0.245 e. The molecule has 0 amide bonds. The molecule has 0 bridgehead atoms. The SMILES string of the molecule is CCCn1cc(S(=O)(=O)N2CCN(c3ccccc3Cl)CC2)c2cccnc21. The molecule has 28 heavy (non-hydrogen) atoms. The van der Waals surface area contributed by atoms with E-state index in [9.17, 15) is 8.42 Å². The molecule has 0 N–H and O–H groups in total. The van der Waals surface area contributed by atoms with Gasteiger partial charge in [0.25, 0.3) is 0 Å². The third-order valence-corrected chi connectivity index (χ3v) is 7.36. The van der Waals surface area contributed by atoms with Gasteiger partial charge in [-0.15, -0.1) is 0 Å². The molecular weight excluding hydrogens is 396 g/mol. The Balaban J connectivity index is 1.60. The van der Waals surface area contributed by atoms with Crippen molar-refractivity contribution in [3.8, 4) is 0 Å². The average molecular weight is 419 g/mol. The van der Waals surface area contributed by atoms with Gasteiger partial charge in [0.1, 0.15) is 10.5 Å². The van der Waals surface area contributed by atoms with Crippen molar-refractivity contribution in [1.82, 2.24) is 13.9 Å². The van der Waals surface area contributed by atoms with Crippen LogP contribution in [0.4, 0.5) is 5.69 Å². The molecule has 0 aliphatic carbocycles. The number of aromatic nitrogens is 2. The molecule has 0 radical (unpaired) electrons. The molecule has 0 spiro atoms. The number of benzene rings is 1. The molecule has 2 aromatic heterocycles. The molecule has 3 aromatic rings. The van der Waals surface area contributed by atoms with Crippen molar-refractivity contribution in [1.29, 1.82) is 0 Å². The largest absolute Gasteiger partial charge is 0.368 e. The highest BCUT2D eigenvalue weighted by Gasteiger charge is 2.31. The van der Waals surface area contributed by atoms with Gasteiger partial charge in [-0.25, -0.2) is 13.4 Å². The van der Waals surface area contributed by atoms with E-state index in [1.54, 1.807) is 22.8 Å². The second-order valence-corrected chi connectivity index (χ2v) is 9.22. The molecule has 0 atom stereocenters. The fraction of sp³-hybridized carbons (Fsp3) is 0.350. The van der Waals surface area contributed by atoms with Crippen molar-refractivity contribution in [2.45, 2.75) is 24.8 Å². The van der Waals surface area contributed by atoms with Crippen molar-refractivity contribution in [2.24, 2.45) is 0 Å². The third kappa shape index (κ3) is 3.38. The predicted molar refractivity (Wildman–Crippen MR) is 112 cm³/mol. The first-order chi connectivity index (χ1) is 13.5. The summed E-state index contributed by atoms with van der Waals surface area (Å²) in [6, 6.07) is 11.3. The lowest BCUT2D eigenvalue weighted by molar-refractivity contribution is 0.385. The maximum absolute atomic E-state index is 13.4. The number of para-hydroxylation sites is 1. The van der Waals surface area contributed by atoms with Crippen molar-refractivity contribution in [3.05, 3.63) is 53.8 Å². The molecule has 0 unspecified atom stereocenters. The summed E-state index contributed by atoms with van der Waals surface area (Å²) in [7, 11) is -3.59. The number of hydrogen-bond acceptors (Lipinski definition) is 4. The fourth-order valence-electron chi connectivity index (χ4n) is 3.72. The number of piperazine rings is 1. The van der Waals surface area contributed by atoms with Gasteiger partial charge in [0.2, 0.25) is 10.0 Å². The maximum atomic E-state index is 13.4. The van der Waals surface area contributed by atoms with Crippen LogP contribution in [0.5, 0.6) is 0 Å². The first kappa shape index (κ1) is 19.2. The zero-order valence-electron chi connectivity index (χ0n) is 15.8. The highest BCUT2D eigenvalue weighted by molar-refractivity contribution is 7.89. The van der Waals surface area contributed by atoms with Gasteiger partial charge >= 0.3 is 0 Å². The zero-order chi connectivity index (χ0) is 19.7. The molecule has 1 saturated heterocycles. The summed E-state index contributed by atoms with van der Waals surface area (Å²) in [5.41, 5.74) is 1.67. The number of fused-ring (bicyclic) bond motifs is 1. The van der Waals surface area contributed by atoms with Gasteiger partial charge in [-0.2, -0.15) is 4.31 Å². The Bertz CT molecular complexity index is 1090. The second-order valence-electron chi connectivity index (χ2n) is 6.90. The standard InChI is InChI=1S/C20H23ClN4O2S/c1-2-10-24-15-19(16-6-5-9-22-20(16)24)28(26,27)25-13-11-23(12-14-25)18-8-4-3-7-17(18)21/h3-9,15H,2,10-14H2,1H3. The molecule has 1 aromatic carbocycles. The van der Waals surface area contributed by atoms with E-state index < -0.39 is 10.0 Å². The van der Waals surface area contributed by atoms with Gasteiger partial charge in [-0.3, -0.25) is 0 Å².